The zero-order valence-electron chi connectivity index (χ0n) is 26.1. The summed E-state index contributed by atoms with van der Waals surface area (Å²) in [5.41, 5.74) is 8.26. The largest absolute Gasteiger partial charge is 0.477 e. The number of nitrogens with zero attached hydrogens (tertiary/aromatic N) is 8. The Labute approximate surface area is 294 Å². The second-order valence-corrected chi connectivity index (χ2v) is 12.0. The van der Waals surface area contributed by atoms with E-state index in [4.69, 9.17) is 9.97 Å². The molecule has 4 aromatic carbocycles. The van der Waals surface area contributed by atoms with E-state index >= 15 is 0 Å². The van der Waals surface area contributed by atoms with Crippen molar-refractivity contribution in [2.24, 2.45) is 0 Å². The molecule has 48 heavy (non-hydrogen) atoms. The summed E-state index contributed by atoms with van der Waals surface area (Å²) in [4.78, 5) is 28.0. The number of fused-ring (bicyclic) bond motifs is 7. The molecule has 6 aromatic rings. The molecule has 0 bridgehead atoms. The second-order valence-electron chi connectivity index (χ2n) is 12.0. The summed E-state index contributed by atoms with van der Waals surface area (Å²) < 4.78 is 0. The molecule has 1 aliphatic carbocycles. The first-order valence-corrected chi connectivity index (χ1v) is 16.2. The minimum atomic E-state index is 0. The first-order valence-electron chi connectivity index (χ1n) is 16.2. The van der Waals surface area contributed by atoms with Crippen LogP contribution in [0.1, 0.15) is 29.8 Å². The molecule has 10 rings (SSSR count). The average Bonchev–Trinajstić information content (AvgIpc) is 3.81. The van der Waals surface area contributed by atoms with Gasteiger partial charge in [0.2, 0.25) is 0 Å². The van der Waals surface area contributed by atoms with E-state index in [-0.39, 0.29) is 26.3 Å². The summed E-state index contributed by atoms with van der Waals surface area (Å²) in [6, 6.07) is 40.5. The summed E-state index contributed by atoms with van der Waals surface area (Å²) in [5.74, 6) is 3.69. The molecule has 239 valence electrons. The molecular formula is C39H32IrN8-2. The van der Waals surface area contributed by atoms with Crippen molar-refractivity contribution in [2.75, 3.05) is 19.6 Å². The van der Waals surface area contributed by atoms with E-state index in [0.29, 0.717) is 0 Å². The van der Waals surface area contributed by atoms with Crippen LogP contribution in [0, 0.1) is 12.7 Å². The maximum Gasteiger partial charge on any atom is 0.178 e. The molecule has 0 fully saturated rings. The molecule has 0 spiro atoms. The minimum Gasteiger partial charge on any atom is -0.477 e. The zero-order valence-corrected chi connectivity index (χ0v) is 28.5. The third-order valence-electron chi connectivity index (χ3n) is 9.17. The third kappa shape index (κ3) is 5.20. The van der Waals surface area contributed by atoms with Crippen LogP contribution in [0.3, 0.4) is 0 Å². The van der Waals surface area contributed by atoms with Crippen molar-refractivity contribution in [3.63, 3.8) is 0 Å². The summed E-state index contributed by atoms with van der Waals surface area (Å²) in [5, 5.41) is 0. The molecule has 9 heteroatoms. The standard InChI is InChI=1S/C22H20N4.C17H12N4.Ir/c1-2-9-16(10-3-1)25-20-14-15-8-4-7-13-19(15)26(20)22-21(25)23-17-11-5-6-12-18(17)24-22;1-3-7-14(8-4-1)20-13-21(15-9-5-2-6-10-15)17-16(20)18-11-12-19-17;/h1-4,7-10,13,20H,5-6,11-12,14H2;1-9,11-13H;/q;-2;. The van der Waals surface area contributed by atoms with Crippen molar-refractivity contribution in [1.29, 1.82) is 0 Å². The van der Waals surface area contributed by atoms with Crippen LogP contribution in [-0.2, 0) is 39.4 Å². The molecule has 0 saturated heterocycles. The Hall–Kier alpha value is -5.11. The van der Waals surface area contributed by atoms with Gasteiger partial charge in [0, 0.05) is 56.0 Å². The van der Waals surface area contributed by atoms with Crippen LogP contribution in [0.25, 0.3) is 0 Å². The number of hydrogen-bond acceptors (Lipinski definition) is 8. The zero-order chi connectivity index (χ0) is 31.2. The first kappa shape index (κ1) is 30.2. The Morgan fingerprint density at radius 2 is 1.21 bits per heavy atom. The number of benzene rings is 4. The fraction of sp³-hybridized carbons (Fsp3) is 0.154. The number of rotatable bonds is 3. The Kier molecular flexibility index (Phi) is 8.08. The summed E-state index contributed by atoms with van der Waals surface area (Å²) in [7, 11) is 0. The van der Waals surface area contributed by atoms with Gasteiger partial charge < -0.3 is 19.6 Å². The van der Waals surface area contributed by atoms with Gasteiger partial charge in [0.1, 0.15) is 17.8 Å². The summed E-state index contributed by atoms with van der Waals surface area (Å²) in [6.07, 6.45) is 9.20. The predicted octanol–water partition coefficient (Wildman–Crippen LogP) is 8.21. The number of anilines is 8. The van der Waals surface area contributed by atoms with Gasteiger partial charge in [-0.15, -0.1) is 12.4 Å². The van der Waals surface area contributed by atoms with Gasteiger partial charge in [-0.05, 0) is 61.6 Å². The van der Waals surface area contributed by atoms with Gasteiger partial charge in [0.05, 0.1) is 11.4 Å². The first-order chi connectivity index (χ1) is 23.3. The monoisotopic (exact) mass is 805 g/mol. The Morgan fingerprint density at radius 1 is 0.604 bits per heavy atom. The van der Waals surface area contributed by atoms with Crippen molar-refractivity contribution in [2.45, 2.75) is 38.3 Å². The second kappa shape index (κ2) is 12.8. The number of hydrogen-bond donors (Lipinski definition) is 0. The van der Waals surface area contributed by atoms with Crippen molar-refractivity contribution in [1.82, 2.24) is 19.9 Å². The van der Waals surface area contributed by atoms with E-state index in [9.17, 15) is 0 Å². The molecule has 1 atom stereocenters. The smallest absolute Gasteiger partial charge is 0.178 e. The van der Waals surface area contributed by atoms with Gasteiger partial charge in [0.15, 0.2) is 11.6 Å². The van der Waals surface area contributed by atoms with Gasteiger partial charge >= 0.3 is 0 Å². The van der Waals surface area contributed by atoms with Gasteiger partial charge in [-0.25, -0.2) is 19.9 Å². The molecule has 4 aliphatic rings. The number of aryl methyl sites for hydroxylation is 2. The van der Waals surface area contributed by atoms with Crippen LogP contribution in [0.5, 0.6) is 0 Å². The van der Waals surface area contributed by atoms with Gasteiger partial charge in [-0.1, -0.05) is 54.6 Å². The molecular weight excluding hydrogens is 773 g/mol. The van der Waals surface area contributed by atoms with Crippen molar-refractivity contribution >= 4 is 46.0 Å². The van der Waals surface area contributed by atoms with E-state index in [0.717, 1.165) is 53.9 Å². The van der Waals surface area contributed by atoms with E-state index in [2.05, 4.69) is 80.4 Å². The molecule has 1 radical (unpaired) electrons. The summed E-state index contributed by atoms with van der Waals surface area (Å²) in [6.45, 7) is 1.99. The van der Waals surface area contributed by atoms with Gasteiger partial charge in [0.25, 0.3) is 0 Å². The molecule has 0 amide bonds. The molecule has 5 heterocycles. The van der Waals surface area contributed by atoms with Crippen molar-refractivity contribution in [3.8, 4) is 0 Å². The van der Waals surface area contributed by atoms with Crippen LogP contribution in [-0.4, -0.2) is 26.1 Å². The van der Waals surface area contributed by atoms with Crippen LogP contribution in [0.15, 0.2) is 122 Å². The van der Waals surface area contributed by atoms with Gasteiger partial charge in [-0.3, -0.25) is 0 Å². The normalized spacial score (nSPS) is 16.5. The van der Waals surface area contributed by atoms with E-state index in [1.54, 1.807) is 12.4 Å². The molecule has 3 aliphatic heterocycles. The summed E-state index contributed by atoms with van der Waals surface area (Å²) >= 11 is 0. The van der Waals surface area contributed by atoms with Gasteiger partial charge in [-0.2, -0.15) is 30.3 Å². The van der Waals surface area contributed by atoms with Crippen LogP contribution < -0.4 is 19.6 Å². The third-order valence-corrected chi connectivity index (χ3v) is 9.17. The van der Waals surface area contributed by atoms with Crippen LogP contribution in [0.2, 0.25) is 0 Å². The van der Waals surface area contributed by atoms with Crippen LogP contribution in [0.4, 0.5) is 46.0 Å². The Bertz CT molecular complexity index is 1950. The molecule has 0 saturated carbocycles. The number of aromatic nitrogens is 4. The molecule has 0 N–H and O–H groups in total. The fourth-order valence-electron chi connectivity index (χ4n) is 7.02. The van der Waals surface area contributed by atoms with E-state index in [1.165, 1.54) is 41.2 Å². The van der Waals surface area contributed by atoms with Crippen molar-refractivity contribution in [3.05, 3.63) is 151 Å². The molecule has 8 nitrogen and oxygen atoms in total. The molecule has 1 unspecified atom stereocenters. The quantitative estimate of drug-likeness (QED) is 0.166. The maximum atomic E-state index is 5.13. The topological polar surface area (TPSA) is 64.5 Å². The number of para-hydroxylation sites is 4. The van der Waals surface area contributed by atoms with Crippen molar-refractivity contribution < 1.29 is 20.1 Å². The van der Waals surface area contributed by atoms with E-state index in [1.807, 2.05) is 71.1 Å². The SMILES string of the molecule is [Ir].[c-]1ccccc1N1[CH-]N(c2ccccc2)c2nccnc21.c1ccc(N2c3nc4c(nc3N3c5ccccc5CC23)CCCC4)cc1. The molecule has 2 aromatic heterocycles. The maximum absolute atomic E-state index is 5.13. The Morgan fingerprint density at radius 3 is 1.90 bits per heavy atom. The fourth-order valence-corrected chi connectivity index (χ4v) is 7.02. The minimum absolute atomic E-state index is 0. The van der Waals surface area contributed by atoms with Crippen LogP contribution >= 0.6 is 0 Å². The predicted molar refractivity (Wildman–Crippen MR) is 186 cm³/mol. The Balaban J connectivity index is 0.000000140. The van der Waals surface area contributed by atoms with E-state index < -0.39 is 0 Å². The average molecular weight is 805 g/mol.